The topological polar surface area (TPSA) is 72.8 Å². The third-order valence-electron chi connectivity index (χ3n) is 5.64. The summed E-state index contributed by atoms with van der Waals surface area (Å²) in [6.07, 6.45) is 1.80. The Morgan fingerprint density at radius 1 is 1.41 bits per heavy atom. The fraction of sp³-hybridized carbons (Fsp3) is 0.650. The lowest BCUT2D eigenvalue weighted by atomic mass is 9.93. The molecule has 1 aromatic rings. The molecule has 9 heteroatoms. The molecule has 3 atom stereocenters. The Hall–Kier alpha value is -2.10. The number of hydroxylamine groups is 2. The summed E-state index contributed by atoms with van der Waals surface area (Å²) >= 11 is 0. The molecule has 1 fully saturated rings. The van der Waals surface area contributed by atoms with Crippen molar-refractivity contribution < 1.29 is 14.0 Å². The first-order valence-corrected chi connectivity index (χ1v) is 10.3. The lowest BCUT2D eigenvalue weighted by Gasteiger charge is -2.41. The van der Waals surface area contributed by atoms with Gasteiger partial charge in [0.2, 0.25) is 5.91 Å². The van der Waals surface area contributed by atoms with Gasteiger partial charge in [-0.2, -0.15) is 5.01 Å². The van der Waals surface area contributed by atoms with Crippen molar-refractivity contribution in [1.29, 1.82) is 0 Å². The van der Waals surface area contributed by atoms with Crippen molar-refractivity contribution in [3.63, 3.8) is 0 Å². The smallest absolute Gasteiger partial charge is 0.243 e. The van der Waals surface area contributed by atoms with Gasteiger partial charge < -0.3 is 4.90 Å². The average molecular weight is 407 g/mol. The molecule has 1 saturated heterocycles. The number of nitrogens with one attached hydrogen (secondary N) is 1. The Morgan fingerprint density at radius 2 is 2.21 bits per heavy atom. The van der Waals surface area contributed by atoms with Crippen molar-refractivity contribution in [3.8, 4) is 0 Å². The molecule has 2 aliphatic rings. The Morgan fingerprint density at radius 3 is 2.90 bits per heavy atom. The maximum absolute atomic E-state index is 13.9. The predicted octanol–water partition coefficient (Wildman–Crippen LogP) is 2.74. The van der Waals surface area contributed by atoms with E-state index in [2.05, 4.69) is 34.6 Å². The quantitative estimate of drug-likeness (QED) is 0.672. The van der Waals surface area contributed by atoms with Crippen LogP contribution in [0.2, 0.25) is 0 Å². The molecule has 8 nitrogen and oxygen atoms in total. The van der Waals surface area contributed by atoms with Crippen LogP contribution in [0, 0.1) is 11.7 Å². The van der Waals surface area contributed by atoms with Crippen LogP contribution in [0.15, 0.2) is 34.6 Å². The van der Waals surface area contributed by atoms with Gasteiger partial charge in [-0.1, -0.05) is 37.3 Å². The van der Waals surface area contributed by atoms with Gasteiger partial charge in [0.15, 0.2) is 0 Å². The van der Waals surface area contributed by atoms with Crippen LogP contribution in [-0.4, -0.2) is 59.3 Å². The monoisotopic (exact) mass is 406 g/mol. The molecule has 160 valence electrons. The average Bonchev–Trinajstić information content (AvgIpc) is 3.16. The maximum atomic E-state index is 13.9. The van der Waals surface area contributed by atoms with Crippen molar-refractivity contribution in [2.45, 2.75) is 52.4 Å². The Balaban J connectivity index is 1.51. The van der Waals surface area contributed by atoms with Gasteiger partial charge in [0, 0.05) is 38.7 Å². The third-order valence-corrected chi connectivity index (χ3v) is 5.64. The van der Waals surface area contributed by atoms with E-state index in [0.717, 1.165) is 39.0 Å². The van der Waals surface area contributed by atoms with Gasteiger partial charge in [0.25, 0.3) is 0 Å². The second-order valence-corrected chi connectivity index (χ2v) is 7.71. The standard InChI is InChI=1S/C20H31FN6O2/c1-4-26-20(22-23-24-26)10-12-25-11-9-19(15(2)13-25)27(16(3)28)29-14-17-7-5-6-8-18(17)21/h5-8,15,19-20H,4,9-14H2,1-3H3,(H,22,24). The molecule has 0 saturated carbocycles. The van der Waals surface area contributed by atoms with E-state index < -0.39 is 0 Å². The molecule has 2 aliphatic heterocycles. The van der Waals surface area contributed by atoms with E-state index in [1.54, 1.807) is 18.2 Å². The van der Waals surface area contributed by atoms with E-state index in [4.69, 9.17) is 4.84 Å². The highest BCUT2D eigenvalue weighted by molar-refractivity contribution is 5.72. The van der Waals surface area contributed by atoms with Crippen LogP contribution < -0.4 is 5.53 Å². The van der Waals surface area contributed by atoms with Crippen molar-refractivity contribution >= 4 is 5.91 Å². The van der Waals surface area contributed by atoms with E-state index in [1.165, 1.54) is 18.1 Å². The summed E-state index contributed by atoms with van der Waals surface area (Å²) in [4.78, 5) is 20.4. The first-order valence-electron chi connectivity index (χ1n) is 10.3. The largest absolute Gasteiger partial charge is 0.303 e. The summed E-state index contributed by atoms with van der Waals surface area (Å²) in [5, 5.41) is 11.6. The number of hydrogen-bond donors (Lipinski definition) is 1. The zero-order valence-electron chi connectivity index (χ0n) is 17.4. The van der Waals surface area contributed by atoms with Gasteiger partial charge in [0.1, 0.15) is 18.6 Å². The van der Waals surface area contributed by atoms with E-state index >= 15 is 0 Å². The van der Waals surface area contributed by atoms with E-state index in [9.17, 15) is 9.18 Å². The van der Waals surface area contributed by atoms with Gasteiger partial charge in [-0.3, -0.25) is 9.63 Å². The summed E-state index contributed by atoms with van der Waals surface area (Å²) in [6.45, 7) is 9.28. The minimum absolute atomic E-state index is 0.0181. The number of rotatable bonds is 8. The molecule has 0 aliphatic carbocycles. The van der Waals surface area contributed by atoms with Crippen LogP contribution in [0.4, 0.5) is 4.39 Å². The molecule has 0 radical (unpaired) electrons. The molecular weight excluding hydrogens is 375 g/mol. The van der Waals surface area contributed by atoms with E-state index in [1.807, 2.05) is 5.01 Å². The Bertz CT molecular complexity index is 718. The van der Waals surface area contributed by atoms with Crippen LogP contribution in [0.25, 0.3) is 0 Å². The molecule has 1 N–H and O–H groups in total. The fourth-order valence-corrected chi connectivity index (χ4v) is 4.02. The molecule has 0 bridgehead atoms. The fourth-order valence-electron chi connectivity index (χ4n) is 4.02. The highest BCUT2D eigenvalue weighted by Crippen LogP contribution is 2.24. The van der Waals surface area contributed by atoms with Gasteiger partial charge in [-0.25, -0.2) is 15.0 Å². The molecule has 29 heavy (non-hydrogen) atoms. The third kappa shape index (κ3) is 5.49. The normalized spacial score (nSPS) is 25.2. The zero-order valence-corrected chi connectivity index (χ0v) is 17.4. The van der Waals surface area contributed by atoms with Crippen LogP contribution in [0.1, 0.15) is 39.2 Å². The number of carbonyl (C=O) groups excluding carboxylic acids is 1. The number of piperidine rings is 1. The van der Waals surface area contributed by atoms with Crippen molar-refractivity contribution in [2.24, 2.45) is 16.3 Å². The number of halogens is 1. The number of likely N-dealkylation sites (tertiary alicyclic amines) is 1. The summed E-state index contributed by atoms with van der Waals surface area (Å²) in [5.74, 6) is -0.222. The van der Waals surface area contributed by atoms with Crippen LogP contribution >= 0.6 is 0 Å². The lowest BCUT2D eigenvalue weighted by molar-refractivity contribution is -0.215. The van der Waals surface area contributed by atoms with E-state index in [-0.39, 0.29) is 36.5 Å². The zero-order chi connectivity index (χ0) is 20.8. The Kier molecular flexibility index (Phi) is 7.51. The Labute approximate surface area is 171 Å². The SMILES string of the molecule is CCN1NN=NC1CCN1CCC(N(OCc2ccccc2F)C(C)=O)C(C)C1. The molecular formula is C20H31FN6O2. The number of carbonyl (C=O) groups is 1. The van der Waals surface area contributed by atoms with Crippen LogP contribution in [-0.2, 0) is 16.2 Å². The summed E-state index contributed by atoms with van der Waals surface area (Å²) in [5.41, 5.74) is 3.35. The molecule has 3 unspecified atom stereocenters. The number of hydrogen-bond acceptors (Lipinski definition) is 7. The summed E-state index contributed by atoms with van der Waals surface area (Å²) in [7, 11) is 0. The molecule has 2 heterocycles. The number of hydrazine groups is 1. The van der Waals surface area contributed by atoms with Crippen LogP contribution in [0.3, 0.4) is 0 Å². The molecule has 0 aromatic heterocycles. The van der Waals surface area contributed by atoms with Crippen molar-refractivity contribution in [3.05, 3.63) is 35.6 Å². The first kappa shape index (κ1) is 21.6. The van der Waals surface area contributed by atoms with Gasteiger partial charge in [0.05, 0.1) is 6.04 Å². The second kappa shape index (κ2) is 10.1. The number of nitrogens with zero attached hydrogens (tertiary/aromatic N) is 5. The van der Waals surface area contributed by atoms with Crippen LogP contribution in [0.5, 0.6) is 0 Å². The summed E-state index contributed by atoms with van der Waals surface area (Å²) in [6, 6.07) is 6.46. The number of amides is 1. The highest BCUT2D eigenvalue weighted by atomic mass is 19.1. The molecule has 1 aromatic carbocycles. The maximum Gasteiger partial charge on any atom is 0.243 e. The molecule has 1 amide bonds. The number of benzene rings is 1. The minimum atomic E-state index is -0.321. The van der Waals surface area contributed by atoms with Gasteiger partial charge in [-0.05, 0) is 24.8 Å². The minimum Gasteiger partial charge on any atom is -0.303 e. The predicted molar refractivity (Wildman–Crippen MR) is 106 cm³/mol. The van der Waals surface area contributed by atoms with E-state index in [0.29, 0.717) is 5.56 Å². The van der Waals surface area contributed by atoms with Crippen molar-refractivity contribution in [1.82, 2.24) is 20.5 Å². The summed E-state index contributed by atoms with van der Waals surface area (Å²) < 4.78 is 13.9. The highest BCUT2D eigenvalue weighted by Gasteiger charge is 2.33. The van der Waals surface area contributed by atoms with Gasteiger partial charge >= 0.3 is 0 Å². The van der Waals surface area contributed by atoms with Crippen molar-refractivity contribution in [2.75, 3.05) is 26.2 Å². The second-order valence-electron chi connectivity index (χ2n) is 7.71. The first-order chi connectivity index (χ1) is 14.0. The molecule has 0 spiro atoms. The van der Waals surface area contributed by atoms with Gasteiger partial charge in [-0.15, -0.1) is 5.11 Å². The lowest BCUT2D eigenvalue weighted by Crippen LogP contribution is -2.52. The molecule has 3 rings (SSSR count).